The molecule has 13 rings (SSSR count). The molecule has 4 aromatic carbocycles. The molecule has 4 atom stereocenters. The monoisotopic (exact) mass is 762 g/mol. The lowest BCUT2D eigenvalue weighted by Crippen LogP contribution is -2.47. The van der Waals surface area contributed by atoms with Gasteiger partial charge in [0.15, 0.2) is 17.4 Å². The maximum Gasteiger partial charge on any atom is 0.175 e. The van der Waals surface area contributed by atoms with E-state index in [0.29, 0.717) is 63.3 Å². The molecule has 6 nitrogen and oxygen atoms in total. The summed E-state index contributed by atoms with van der Waals surface area (Å²) >= 11 is 0. The van der Waals surface area contributed by atoms with Crippen LogP contribution in [0.15, 0.2) is 72.8 Å². The van der Waals surface area contributed by atoms with Crippen molar-refractivity contribution in [2.75, 3.05) is 39.6 Å². The fraction of sp³-hybridized carbons (Fsp3) is 0.529. The fourth-order valence-electron chi connectivity index (χ4n) is 14.1. The van der Waals surface area contributed by atoms with Crippen molar-refractivity contribution < 1.29 is 28.4 Å². The third-order valence-electron chi connectivity index (χ3n) is 16.5. The summed E-state index contributed by atoms with van der Waals surface area (Å²) < 4.78 is 40.8. The highest BCUT2D eigenvalue weighted by Crippen LogP contribution is 2.53. The Bertz CT molecular complexity index is 1970. The van der Waals surface area contributed by atoms with Crippen molar-refractivity contribution in [1.29, 1.82) is 0 Å². The highest BCUT2D eigenvalue weighted by molar-refractivity contribution is 5.47. The molecule has 4 unspecified atom stereocenters. The first-order chi connectivity index (χ1) is 28.1. The number of fused-ring (bicyclic) bond motifs is 6. The van der Waals surface area contributed by atoms with Crippen molar-refractivity contribution in [3.63, 3.8) is 0 Å². The molecule has 6 aliphatic carbocycles. The van der Waals surface area contributed by atoms with Gasteiger partial charge in [0.05, 0.1) is 39.6 Å². The van der Waals surface area contributed by atoms with E-state index in [0.717, 1.165) is 77.0 Å². The van der Waals surface area contributed by atoms with E-state index in [2.05, 4.69) is 72.8 Å². The van der Waals surface area contributed by atoms with Crippen LogP contribution in [0, 0.1) is 35.5 Å². The summed E-state index contributed by atoms with van der Waals surface area (Å²) in [5.41, 5.74) is 18.0. The van der Waals surface area contributed by atoms with Gasteiger partial charge in [0.2, 0.25) is 0 Å². The van der Waals surface area contributed by atoms with E-state index >= 15 is 0 Å². The SMILES string of the molecule is c1ccc2c(c1)CC1Cc3cc4c(cc3CC(C2)C12OCCO2)CC1Cc2cc3c(cc2CC(C4)C12OCCO2)CC1Cc2ccccc2CC(C3)C12OCCO2. The largest absolute Gasteiger partial charge is 0.347 e. The van der Waals surface area contributed by atoms with Crippen LogP contribution in [0.5, 0.6) is 0 Å². The smallest absolute Gasteiger partial charge is 0.175 e. The van der Waals surface area contributed by atoms with Gasteiger partial charge in [0.25, 0.3) is 0 Å². The summed E-state index contributed by atoms with van der Waals surface area (Å²) in [6.07, 6.45) is 11.9. The zero-order chi connectivity index (χ0) is 37.3. The standard InChI is InChI=1S/C51H54O6/c1-2-6-32-20-44-24-36-16-40-28-48-30-42-18-38-26-46-22-34-8-4-3-7-33(34)21-45(50(46)54-11-12-55-50)25-37(38)17-41(42)29-47(51(48)56-13-14-57-51)27-39(40)15-35(36)23-43(19-31(32)5-1)49(44)52-9-10-53-49/h1-8,15-18,43-48H,9-14,19-30H2. The van der Waals surface area contributed by atoms with Gasteiger partial charge in [-0.05, 0) is 144 Å². The van der Waals surface area contributed by atoms with Gasteiger partial charge in [-0.2, -0.15) is 0 Å². The zero-order valence-corrected chi connectivity index (χ0v) is 33.1. The molecule has 0 amide bonds. The van der Waals surface area contributed by atoms with Crippen LogP contribution in [0.2, 0.25) is 0 Å². The molecule has 3 fully saturated rings. The molecule has 57 heavy (non-hydrogen) atoms. The molecule has 3 heterocycles. The van der Waals surface area contributed by atoms with Gasteiger partial charge in [0.1, 0.15) is 0 Å². The minimum absolute atomic E-state index is 0.254. The highest BCUT2D eigenvalue weighted by atomic mass is 16.7. The van der Waals surface area contributed by atoms with Crippen LogP contribution in [-0.2, 0) is 105 Å². The molecule has 0 aromatic heterocycles. The second-order valence-electron chi connectivity index (χ2n) is 19.2. The first kappa shape index (κ1) is 34.5. The van der Waals surface area contributed by atoms with Gasteiger partial charge in [-0.15, -0.1) is 0 Å². The summed E-state index contributed by atoms with van der Waals surface area (Å²) in [6, 6.07) is 28.7. The fourth-order valence-corrected chi connectivity index (χ4v) is 14.1. The van der Waals surface area contributed by atoms with Crippen molar-refractivity contribution >= 4 is 0 Å². The maximum absolute atomic E-state index is 6.93. The Labute approximate surface area is 336 Å². The molecule has 6 heteroatoms. The molecule has 6 bridgehead atoms. The number of hydrogen-bond donors (Lipinski definition) is 0. The summed E-state index contributed by atoms with van der Waals surface area (Å²) in [4.78, 5) is 0. The average Bonchev–Trinajstić information content (AvgIpc) is 3.95. The maximum atomic E-state index is 6.93. The van der Waals surface area contributed by atoms with Gasteiger partial charge >= 0.3 is 0 Å². The van der Waals surface area contributed by atoms with E-state index in [1.54, 1.807) is 0 Å². The number of hydrogen-bond acceptors (Lipinski definition) is 6. The molecule has 3 saturated heterocycles. The van der Waals surface area contributed by atoms with E-state index in [1.807, 2.05) is 0 Å². The Morgan fingerprint density at radius 2 is 0.439 bits per heavy atom. The van der Waals surface area contributed by atoms with Crippen LogP contribution < -0.4 is 0 Å². The van der Waals surface area contributed by atoms with E-state index in [9.17, 15) is 0 Å². The van der Waals surface area contributed by atoms with Gasteiger partial charge in [-0.3, -0.25) is 0 Å². The predicted octanol–water partition coefficient (Wildman–Crippen LogP) is 7.31. The second kappa shape index (κ2) is 12.8. The van der Waals surface area contributed by atoms with Gasteiger partial charge < -0.3 is 28.4 Å². The second-order valence-corrected chi connectivity index (χ2v) is 19.2. The Morgan fingerprint density at radius 1 is 0.263 bits per heavy atom. The molecule has 0 radical (unpaired) electrons. The van der Waals surface area contributed by atoms with Crippen LogP contribution >= 0.6 is 0 Å². The first-order valence-corrected chi connectivity index (χ1v) is 22.3. The van der Waals surface area contributed by atoms with Crippen LogP contribution in [0.25, 0.3) is 0 Å². The van der Waals surface area contributed by atoms with Crippen molar-refractivity contribution in [2.45, 2.75) is 94.4 Å². The minimum atomic E-state index is -0.552. The topological polar surface area (TPSA) is 55.4 Å². The third-order valence-corrected chi connectivity index (χ3v) is 16.5. The summed E-state index contributed by atoms with van der Waals surface area (Å²) in [7, 11) is 0. The van der Waals surface area contributed by atoms with Gasteiger partial charge in [0, 0.05) is 35.5 Å². The molecule has 3 spiro atoms. The number of benzene rings is 4. The zero-order valence-electron chi connectivity index (χ0n) is 33.1. The predicted molar refractivity (Wildman–Crippen MR) is 215 cm³/mol. The first-order valence-electron chi connectivity index (χ1n) is 22.3. The Kier molecular flexibility index (Phi) is 7.76. The van der Waals surface area contributed by atoms with E-state index in [1.165, 1.54) is 66.8 Å². The highest BCUT2D eigenvalue weighted by Gasteiger charge is 2.57. The molecular weight excluding hydrogens is 709 g/mol. The summed E-state index contributed by atoms with van der Waals surface area (Å²) in [6.45, 7) is 4.16. The van der Waals surface area contributed by atoms with Crippen LogP contribution in [0.1, 0.15) is 66.8 Å². The van der Waals surface area contributed by atoms with Crippen LogP contribution in [0.3, 0.4) is 0 Å². The van der Waals surface area contributed by atoms with Gasteiger partial charge in [-0.25, -0.2) is 0 Å². The lowest BCUT2D eigenvalue weighted by atomic mass is 9.82. The van der Waals surface area contributed by atoms with E-state index < -0.39 is 17.4 Å². The van der Waals surface area contributed by atoms with E-state index in [4.69, 9.17) is 28.4 Å². The molecule has 9 aliphatic rings. The van der Waals surface area contributed by atoms with Crippen molar-refractivity contribution in [3.8, 4) is 0 Å². The number of ether oxygens (including phenoxy) is 6. The molecule has 0 saturated carbocycles. The van der Waals surface area contributed by atoms with Crippen molar-refractivity contribution in [2.24, 2.45) is 35.5 Å². The number of rotatable bonds is 0. The quantitative estimate of drug-likeness (QED) is 0.188. The summed E-state index contributed by atoms with van der Waals surface area (Å²) in [5, 5.41) is 0. The Hall–Kier alpha value is -3.36. The molecule has 0 N–H and O–H groups in total. The normalized spacial score (nSPS) is 32.0. The Balaban J connectivity index is 0.873. The van der Waals surface area contributed by atoms with E-state index in [-0.39, 0.29) is 11.8 Å². The van der Waals surface area contributed by atoms with Crippen LogP contribution in [0.4, 0.5) is 0 Å². The lowest BCUT2D eigenvalue weighted by Gasteiger charge is -2.39. The Morgan fingerprint density at radius 3 is 0.632 bits per heavy atom. The molecule has 294 valence electrons. The van der Waals surface area contributed by atoms with Crippen LogP contribution in [-0.4, -0.2) is 57.0 Å². The molecular formula is C51H54O6. The van der Waals surface area contributed by atoms with Gasteiger partial charge in [-0.1, -0.05) is 72.8 Å². The minimum Gasteiger partial charge on any atom is -0.347 e. The third kappa shape index (κ3) is 5.17. The van der Waals surface area contributed by atoms with Crippen molar-refractivity contribution in [1.82, 2.24) is 0 Å². The van der Waals surface area contributed by atoms with Crippen molar-refractivity contribution in [3.05, 3.63) is 140 Å². The lowest BCUT2D eigenvalue weighted by molar-refractivity contribution is -0.227. The summed E-state index contributed by atoms with van der Waals surface area (Å²) in [5.74, 6) is 0.140. The average molecular weight is 763 g/mol. The molecule has 3 aliphatic heterocycles. The molecule has 4 aromatic rings.